The molecule has 2 heterocycles. The number of fused-ring (bicyclic) bond motifs is 1. The van der Waals surface area contributed by atoms with E-state index < -0.39 is 23.9 Å². The van der Waals surface area contributed by atoms with E-state index in [1.54, 1.807) is 42.5 Å². The zero-order chi connectivity index (χ0) is 24.7. The van der Waals surface area contributed by atoms with Crippen LogP contribution in [-0.2, 0) is 12.1 Å². The van der Waals surface area contributed by atoms with Gasteiger partial charge in [0, 0.05) is 15.4 Å². The maximum Gasteiger partial charge on any atom is 0.423 e. The first-order chi connectivity index (χ1) is 16.0. The van der Waals surface area contributed by atoms with Crippen molar-refractivity contribution < 1.29 is 18.3 Å². The summed E-state index contributed by atoms with van der Waals surface area (Å²) in [6, 6.07) is 14.0. The average Bonchev–Trinajstić information content (AvgIpc) is 3.24. The minimum atomic E-state index is -4.89. The maximum atomic E-state index is 13.3. The fourth-order valence-corrected chi connectivity index (χ4v) is 4.18. The molecule has 0 amide bonds. The number of aromatic nitrogens is 4. The second-order valence-corrected chi connectivity index (χ2v) is 8.56. The van der Waals surface area contributed by atoms with Gasteiger partial charge in [0.25, 0.3) is 0 Å². The number of benzene rings is 2. The molecule has 1 N–H and O–H groups in total. The maximum absolute atomic E-state index is 13.3. The van der Waals surface area contributed by atoms with Gasteiger partial charge in [0.05, 0.1) is 18.3 Å². The molecule has 34 heavy (non-hydrogen) atoms. The second kappa shape index (κ2) is 8.87. The van der Waals surface area contributed by atoms with E-state index in [2.05, 4.69) is 15.3 Å². The Balaban J connectivity index is 1.73. The van der Waals surface area contributed by atoms with Gasteiger partial charge in [-0.2, -0.15) is 18.4 Å². The predicted molar refractivity (Wildman–Crippen MR) is 121 cm³/mol. The van der Waals surface area contributed by atoms with Crippen LogP contribution in [0.1, 0.15) is 30.3 Å². The third-order valence-corrected chi connectivity index (χ3v) is 5.89. The summed E-state index contributed by atoms with van der Waals surface area (Å²) < 4.78 is 41.2. The summed E-state index contributed by atoms with van der Waals surface area (Å²) >= 11 is 12.3. The van der Waals surface area contributed by atoms with Crippen LogP contribution < -0.4 is 0 Å². The Hall–Kier alpha value is -3.19. The van der Waals surface area contributed by atoms with Gasteiger partial charge in [-0.05, 0) is 53.4 Å². The molecule has 2 aromatic heterocycles. The van der Waals surface area contributed by atoms with Crippen LogP contribution in [-0.4, -0.2) is 31.3 Å². The van der Waals surface area contributed by atoms with Gasteiger partial charge in [0.15, 0.2) is 0 Å². The number of rotatable bonds is 5. The van der Waals surface area contributed by atoms with E-state index in [1.165, 1.54) is 11.6 Å². The van der Waals surface area contributed by atoms with Crippen LogP contribution in [0.15, 0.2) is 48.7 Å². The number of hydrogen-bond donors (Lipinski definition) is 1. The lowest BCUT2D eigenvalue weighted by atomic mass is 9.96. The van der Waals surface area contributed by atoms with Crippen LogP contribution in [0.25, 0.3) is 22.0 Å². The molecular weight excluding hydrogens is 490 g/mol. The minimum absolute atomic E-state index is 0.0807. The number of hydrogen-bond acceptors (Lipinski definition) is 5. The van der Waals surface area contributed by atoms with E-state index in [0.29, 0.717) is 32.3 Å². The zero-order valence-electron chi connectivity index (χ0n) is 17.6. The molecule has 0 aliphatic carbocycles. The largest absolute Gasteiger partial charge is 0.423 e. The lowest BCUT2D eigenvalue weighted by Crippen LogP contribution is -2.42. The molecule has 0 bridgehead atoms. The Morgan fingerprint density at radius 3 is 2.41 bits per heavy atom. The lowest BCUT2D eigenvalue weighted by molar-refractivity contribution is -0.269. The van der Waals surface area contributed by atoms with E-state index >= 15 is 0 Å². The van der Waals surface area contributed by atoms with Crippen molar-refractivity contribution in [1.82, 2.24) is 20.0 Å². The third-order valence-electron chi connectivity index (χ3n) is 5.45. The predicted octanol–water partition coefficient (Wildman–Crippen LogP) is 5.88. The Morgan fingerprint density at radius 1 is 1.09 bits per heavy atom. The van der Waals surface area contributed by atoms with Crippen molar-refractivity contribution in [3.05, 3.63) is 75.7 Å². The molecule has 4 aromatic rings. The summed E-state index contributed by atoms with van der Waals surface area (Å²) in [5, 5.41) is 28.4. The van der Waals surface area contributed by atoms with Crippen LogP contribution >= 0.6 is 23.2 Å². The van der Waals surface area contributed by atoms with Gasteiger partial charge < -0.3 is 5.11 Å². The molecule has 1 atom stereocenters. The third kappa shape index (κ3) is 4.44. The fraction of sp³-hybridized carbons (Fsp3) is 0.217. The van der Waals surface area contributed by atoms with Crippen LogP contribution in [0, 0.1) is 11.3 Å². The van der Waals surface area contributed by atoms with Gasteiger partial charge in [-0.3, -0.25) is 0 Å². The molecule has 2 aromatic carbocycles. The first kappa shape index (κ1) is 24.0. The van der Waals surface area contributed by atoms with Gasteiger partial charge in [-0.25, -0.2) is 9.67 Å². The summed E-state index contributed by atoms with van der Waals surface area (Å²) in [5.41, 5.74) is -0.896. The number of nitriles is 1. The topological polar surface area (TPSA) is 87.6 Å². The molecule has 11 heteroatoms. The number of nitrogens with zero attached hydrogens (tertiary/aromatic N) is 5. The molecule has 174 valence electrons. The average molecular weight is 506 g/mol. The molecule has 0 aliphatic heterocycles. The van der Waals surface area contributed by atoms with E-state index in [4.69, 9.17) is 23.2 Å². The van der Waals surface area contributed by atoms with Gasteiger partial charge in [-0.15, -0.1) is 5.10 Å². The quantitative estimate of drug-likeness (QED) is 0.365. The smallest absolute Gasteiger partial charge is 0.375 e. The lowest BCUT2D eigenvalue weighted by Gasteiger charge is -2.26. The highest BCUT2D eigenvalue weighted by atomic mass is 35.5. The molecule has 0 aliphatic rings. The van der Waals surface area contributed by atoms with Gasteiger partial charge in [0.1, 0.15) is 17.5 Å². The van der Waals surface area contributed by atoms with Crippen LogP contribution in [0.2, 0.25) is 10.0 Å². The summed E-state index contributed by atoms with van der Waals surface area (Å²) in [7, 11) is 0. The van der Waals surface area contributed by atoms with Crippen LogP contribution in [0.4, 0.5) is 13.2 Å². The van der Waals surface area contributed by atoms with Gasteiger partial charge >= 0.3 is 6.18 Å². The Kier molecular flexibility index (Phi) is 6.25. The van der Waals surface area contributed by atoms with Crippen molar-refractivity contribution >= 4 is 34.1 Å². The molecule has 0 saturated heterocycles. The van der Waals surface area contributed by atoms with Crippen molar-refractivity contribution in [1.29, 1.82) is 5.26 Å². The highest BCUT2D eigenvalue weighted by molar-refractivity contribution is 6.35. The van der Waals surface area contributed by atoms with Crippen molar-refractivity contribution in [2.45, 2.75) is 31.7 Å². The minimum Gasteiger partial charge on any atom is -0.375 e. The molecule has 6 nitrogen and oxygen atoms in total. The summed E-state index contributed by atoms with van der Waals surface area (Å²) in [5.74, 6) is 0. The highest BCUT2D eigenvalue weighted by Gasteiger charge is 2.55. The fourth-order valence-electron chi connectivity index (χ4n) is 3.66. The summed E-state index contributed by atoms with van der Waals surface area (Å²) in [6.45, 7) is 1.30. The first-order valence-electron chi connectivity index (χ1n) is 10.0. The zero-order valence-corrected chi connectivity index (χ0v) is 19.1. The summed E-state index contributed by atoms with van der Waals surface area (Å²) in [6.07, 6.45) is -4.41. The molecular formula is C23H16Cl2F3N5O. The highest BCUT2D eigenvalue weighted by Crippen LogP contribution is 2.40. The number of aliphatic hydroxyl groups is 1. The Bertz CT molecular complexity index is 1410. The second-order valence-electron chi connectivity index (χ2n) is 7.69. The normalized spacial score (nSPS) is 13.6. The van der Waals surface area contributed by atoms with Crippen molar-refractivity contribution in [2.24, 2.45) is 0 Å². The van der Waals surface area contributed by atoms with E-state index in [1.807, 2.05) is 6.07 Å². The number of halogens is 5. The molecule has 0 saturated carbocycles. The van der Waals surface area contributed by atoms with Gasteiger partial charge in [-0.1, -0.05) is 47.5 Å². The van der Waals surface area contributed by atoms with E-state index in [-0.39, 0.29) is 12.2 Å². The van der Waals surface area contributed by atoms with Crippen LogP contribution in [0.5, 0.6) is 0 Å². The van der Waals surface area contributed by atoms with Crippen molar-refractivity contribution in [3.63, 3.8) is 0 Å². The van der Waals surface area contributed by atoms with Crippen molar-refractivity contribution in [2.75, 3.05) is 0 Å². The van der Waals surface area contributed by atoms with Gasteiger partial charge in [0.2, 0.25) is 5.60 Å². The molecule has 4 rings (SSSR count). The molecule has 0 radical (unpaired) electrons. The molecule has 0 fully saturated rings. The SMILES string of the molecule is CC[C@](O)(c1cn(Cc2ccc3c(-c4cc(Cl)cc(Cl)c4)cc(C#N)nc3c2)nn1)C(F)(F)F. The standard InChI is InChI=1S/C23H16Cl2F3N5O/c1-2-22(34,23(26,27)28)21-12-33(32-31-21)11-13-3-4-18-19(9-17(10-29)30-20(18)5-13)14-6-15(24)8-16(25)7-14/h3-9,12,34H,2,11H2,1H3/t22-/m0/s1. The number of alkyl halides is 3. The monoisotopic (exact) mass is 505 g/mol. The van der Waals surface area contributed by atoms with Crippen molar-refractivity contribution in [3.8, 4) is 17.2 Å². The van der Waals surface area contributed by atoms with E-state index in [9.17, 15) is 23.5 Å². The Labute approximate surface area is 202 Å². The molecule has 0 spiro atoms. The molecule has 0 unspecified atom stereocenters. The first-order valence-corrected chi connectivity index (χ1v) is 10.8. The Morgan fingerprint density at radius 2 is 1.79 bits per heavy atom. The van der Waals surface area contributed by atoms with Crippen LogP contribution in [0.3, 0.4) is 0 Å². The number of pyridine rings is 1. The van der Waals surface area contributed by atoms with E-state index in [0.717, 1.165) is 11.6 Å². The summed E-state index contributed by atoms with van der Waals surface area (Å²) in [4.78, 5) is 4.36.